The van der Waals surface area contributed by atoms with Gasteiger partial charge in [0.2, 0.25) is 0 Å². The molecule has 5 rings (SSSR count). The molecule has 2 amide bonds. The zero-order chi connectivity index (χ0) is 29.0. The number of carbonyl (C=O) groups excluding carboxylic acids is 2. The molecule has 0 aliphatic carbocycles. The van der Waals surface area contributed by atoms with E-state index in [2.05, 4.69) is 10.5 Å². The lowest BCUT2D eigenvalue weighted by Crippen LogP contribution is -2.46. The van der Waals surface area contributed by atoms with Gasteiger partial charge in [0.25, 0.3) is 11.8 Å². The number of ether oxygens (including phenoxy) is 1. The molecule has 4 aromatic rings. The van der Waals surface area contributed by atoms with E-state index in [1.165, 1.54) is 24.4 Å². The molecule has 0 atom stereocenters. The van der Waals surface area contributed by atoms with Gasteiger partial charge in [0, 0.05) is 34.6 Å². The number of halogens is 2. The molecular formula is C31H27Cl2N3O5. The van der Waals surface area contributed by atoms with E-state index in [0.717, 1.165) is 21.9 Å². The minimum atomic E-state index is -0.994. The third-order valence-electron chi connectivity index (χ3n) is 7.17. The highest BCUT2D eigenvalue weighted by Gasteiger charge is 2.35. The Labute approximate surface area is 246 Å². The summed E-state index contributed by atoms with van der Waals surface area (Å²) in [5.41, 5.74) is 3.25. The van der Waals surface area contributed by atoms with Crippen LogP contribution in [-0.4, -0.2) is 52.8 Å². The van der Waals surface area contributed by atoms with Gasteiger partial charge in [-0.2, -0.15) is 5.10 Å². The van der Waals surface area contributed by atoms with Gasteiger partial charge in [-0.25, -0.2) is 5.43 Å². The maximum absolute atomic E-state index is 12.9. The maximum atomic E-state index is 12.9. The van der Waals surface area contributed by atoms with Gasteiger partial charge in [-0.15, -0.1) is 0 Å². The molecular weight excluding hydrogens is 565 g/mol. The first-order chi connectivity index (χ1) is 19.7. The first-order valence-electron chi connectivity index (χ1n) is 13.0. The summed E-state index contributed by atoms with van der Waals surface area (Å²) in [6, 6.07) is 22.4. The van der Waals surface area contributed by atoms with Crippen molar-refractivity contribution in [3.05, 3.63) is 106 Å². The van der Waals surface area contributed by atoms with Gasteiger partial charge in [-0.05, 0) is 66.3 Å². The first kappa shape index (κ1) is 28.4. The lowest BCUT2D eigenvalue weighted by atomic mass is 9.84. The van der Waals surface area contributed by atoms with E-state index in [1.807, 2.05) is 36.4 Å². The molecule has 210 valence electrons. The highest BCUT2D eigenvalue weighted by atomic mass is 35.5. The van der Waals surface area contributed by atoms with Gasteiger partial charge in [0.05, 0.1) is 16.8 Å². The van der Waals surface area contributed by atoms with E-state index in [-0.39, 0.29) is 28.8 Å². The molecule has 8 nitrogen and oxygen atoms in total. The average Bonchev–Trinajstić information content (AvgIpc) is 2.98. The average molecular weight is 592 g/mol. The fraction of sp³-hybridized carbons (Fsp3) is 0.194. The second-order valence-corrected chi connectivity index (χ2v) is 10.6. The van der Waals surface area contributed by atoms with Crippen molar-refractivity contribution < 1.29 is 24.5 Å². The molecule has 4 aromatic carbocycles. The van der Waals surface area contributed by atoms with Crippen molar-refractivity contribution in [2.45, 2.75) is 18.4 Å². The van der Waals surface area contributed by atoms with Gasteiger partial charge in [0.1, 0.15) is 11.5 Å². The number of piperidine rings is 1. The Balaban J connectivity index is 1.21. The van der Waals surface area contributed by atoms with Gasteiger partial charge < -0.3 is 19.8 Å². The van der Waals surface area contributed by atoms with E-state index in [0.29, 0.717) is 36.7 Å². The summed E-state index contributed by atoms with van der Waals surface area (Å²) >= 11 is 11.9. The fourth-order valence-corrected chi connectivity index (χ4v) is 5.12. The molecule has 1 heterocycles. The number of hydrogen-bond donors (Lipinski definition) is 3. The van der Waals surface area contributed by atoms with E-state index in [9.17, 15) is 19.8 Å². The number of carbonyl (C=O) groups is 2. The number of likely N-dealkylation sites (tertiary alicyclic amines) is 1. The molecule has 1 saturated heterocycles. The van der Waals surface area contributed by atoms with E-state index in [4.69, 9.17) is 27.9 Å². The molecule has 3 N–H and O–H groups in total. The molecule has 41 heavy (non-hydrogen) atoms. The number of hydrazone groups is 1. The zero-order valence-electron chi connectivity index (χ0n) is 21.9. The second kappa shape index (κ2) is 12.2. The lowest BCUT2D eigenvalue weighted by Gasteiger charge is -2.38. The third kappa shape index (κ3) is 6.46. The van der Waals surface area contributed by atoms with E-state index >= 15 is 0 Å². The summed E-state index contributed by atoms with van der Waals surface area (Å²) in [6.07, 6.45) is 2.37. The molecule has 0 spiro atoms. The number of aliphatic hydroxyl groups is 1. The van der Waals surface area contributed by atoms with Crippen molar-refractivity contribution in [3.8, 4) is 11.5 Å². The topological polar surface area (TPSA) is 111 Å². The van der Waals surface area contributed by atoms with Crippen LogP contribution in [0.5, 0.6) is 11.5 Å². The SMILES string of the molecule is O=C(N/N=C/c1ccc(OCC(=O)N2CCC(O)(c3ccc(Cl)cc3)CC2)c2ccccc12)c1ccc(O)c(Cl)c1. The van der Waals surface area contributed by atoms with Crippen LogP contribution in [0, 0.1) is 0 Å². The number of hydrogen-bond acceptors (Lipinski definition) is 6. The van der Waals surface area contributed by atoms with Crippen molar-refractivity contribution in [1.29, 1.82) is 0 Å². The van der Waals surface area contributed by atoms with Gasteiger partial charge in [0.15, 0.2) is 6.61 Å². The quantitative estimate of drug-likeness (QED) is 0.194. The number of nitrogens with zero attached hydrogens (tertiary/aromatic N) is 2. The maximum Gasteiger partial charge on any atom is 0.271 e. The third-order valence-corrected chi connectivity index (χ3v) is 7.73. The van der Waals surface area contributed by atoms with Crippen LogP contribution in [0.15, 0.2) is 84.0 Å². The summed E-state index contributed by atoms with van der Waals surface area (Å²) in [7, 11) is 0. The predicted octanol–water partition coefficient (Wildman–Crippen LogP) is 5.51. The molecule has 1 aliphatic heterocycles. The smallest absolute Gasteiger partial charge is 0.271 e. The highest BCUT2D eigenvalue weighted by molar-refractivity contribution is 6.32. The fourth-order valence-electron chi connectivity index (χ4n) is 4.81. The monoisotopic (exact) mass is 591 g/mol. The molecule has 0 unspecified atom stereocenters. The van der Waals surface area contributed by atoms with Gasteiger partial charge >= 0.3 is 0 Å². The summed E-state index contributed by atoms with van der Waals surface area (Å²) < 4.78 is 5.94. The molecule has 0 bridgehead atoms. The molecule has 1 fully saturated rings. The van der Waals surface area contributed by atoms with Crippen molar-refractivity contribution in [2.75, 3.05) is 19.7 Å². The Morgan fingerprint density at radius 1 is 0.976 bits per heavy atom. The minimum absolute atomic E-state index is 0.0708. The van der Waals surface area contributed by atoms with Crippen LogP contribution in [0.4, 0.5) is 0 Å². The van der Waals surface area contributed by atoms with Crippen LogP contribution in [0.1, 0.15) is 34.3 Å². The van der Waals surface area contributed by atoms with E-state index in [1.54, 1.807) is 29.2 Å². The zero-order valence-corrected chi connectivity index (χ0v) is 23.4. The van der Waals surface area contributed by atoms with Crippen LogP contribution in [-0.2, 0) is 10.4 Å². The molecule has 10 heteroatoms. The van der Waals surface area contributed by atoms with Gasteiger partial charge in [-0.1, -0.05) is 59.6 Å². The lowest BCUT2D eigenvalue weighted by molar-refractivity contribution is -0.137. The standard InChI is InChI=1S/C31H27Cl2N3O5/c32-23-9-7-22(8-10-23)31(40)13-15-36(16-14-31)29(38)19-41-28-12-6-21(24-3-1-2-4-25(24)28)18-34-35-30(39)20-5-11-27(37)26(33)17-20/h1-12,17-18,37,40H,13-16,19H2,(H,35,39)/b34-18+. The summed E-state index contributed by atoms with van der Waals surface area (Å²) in [4.78, 5) is 27.0. The Morgan fingerprint density at radius 3 is 2.39 bits per heavy atom. The molecule has 0 radical (unpaired) electrons. The molecule has 0 saturated carbocycles. The highest BCUT2D eigenvalue weighted by Crippen LogP contribution is 2.34. The van der Waals surface area contributed by atoms with Gasteiger partial charge in [-0.3, -0.25) is 9.59 Å². The first-order valence-corrected chi connectivity index (χ1v) is 13.7. The number of nitrogens with one attached hydrogen (secondary N) is 1. The van der Waals surface area contributed by atoms with Crippen LogP contribution in [0.3, 0.4) is 0 Å². The van der Waals surface area contributed by atoms with Crippen molar-refractivity contribution in [1.82, 2.24) is 10.3 Å². The normalized spacial score (nSPS) is 14.8. The summed E-state index contributed by atoms with van der Waals surface area (Å²) in [6.45, 7) is 0.696. The van der Waals surface area contributed by atoms with Crippen LogP contribution >= 0.6 is 23.2 Å². The van der Waals surface area contributed by atoms with Crippen LogP contribution in [0.25, 0.3) is 10.8 Å². The molecule has 1 aliphatic rings. The molecule has 0 aromatic heterocycles. The number of rotatable bonds is 7. The summed E-state index contributed by atoms with van der Waals surface area (Å²) in [5, 5.41) is 27.0. The second-order valence-electron chi connectivity index (χ2n) is 9.77. The number of phenols is 1. The van der Waals surface area contributed by atoms with E-state index < -0.39 is 11.5 Å². The van der Waals surface area contributed by atoms with Crippen molar-refractivity contribution in [2.24, 2.45) is 5.10 Å². The summed E-state index contributed by atoms with van der Waals surface area (Å²) in [5.74, 6) is -0.201. The van der Waals surface area contributed by atoms with Crippen LogP contribution < -0.4 is 10.2 Å². The minimum Gasteiger partial charge on any atom is -0.506 e. The number of phenolic OH excluding ortho intramolecular Hbond substituents is 1. The van der Waals surface area contributed by atoms with Crippen molar-refractivity contribution in [3.63, 3.8) is 0 Å². The number of aromatic hydroxyl groups is 1. The Bertz CT molecular complexity index is 1620. The Hall–Kier alpha value is -4.11. The number of benzene rings is 4. The Morgan fingerprint density at radius 2 is 1.68 bits per heavy atom. The predicted molar refractivity (Wildman–Crippen MR) is 159 cm³/mol. The van der Waals surface area contributed by atoms with Crippen LogP contribution in [0.2, 0.25) is 10.0 Å². The number of amides is 2. The number of fused-ring (bicyclic) bond motifs is 1. The Kier molecular flexibility index (Phi) is 8.44. The van der Waals surface area contributed by atoms with Crippen molar-refractivity contribution >= 4 is 52.0 Å². The largest absolute Gasteiger partial charge is 0.506 e.